The molecule has 0 saturated heterocycles. The second-order valence-corrected chi connectivity index (χ2v) is 12.4. The van der Waals surface area contributed by atoms with Gasteiger partial charge in [-0.05, 0) is 105 Å². The van der Waals surface area contributed by atoms with Crippen LogP contribution in [-0.2, 0) is 15.0 Å². The molecule has 6 heteroatoms. The van der Waals surface area contributed by atoms with Gasteiger partial charge >= 0.3 is 11.9 Å². The van der Waals surface area contributed by atoms with E-state index in [1.165, 1.54) is 22.3 Å². The van der Waals surface area contributed by atoms with Gasteiger partial charge in [-0.15, -0.1) is 0 Å². The molecule has 1 aliphatic carbocycles. The van der Waals surface area contributed by atoms with Crippen LogP contribution in [0.2, 0.25) is 0 Å². The average Bonchev–Trinajstić information content (AvgIpc) is 3.40. The summed E-state index contributed by atoms with van der Waals surface area (Å²) in [6.07, 6.45) is 0. The van der Waals surface area contributed by atoms with Crippen LogP contribution in [0, 0.1) is 11.8 Å². The Morgan fingerprint density at radius 2 is 0.936 bits per heavy atom. The lowest BCUT2D eigenvalue weighted by molar-refractivity contribution is -0.143. The number of aliphatic carboxylic acids is 2. The Hall–Kier alpha value is -5.62. The number of hydrogen-bond donors (Lipinski definition) is 2. The third kappa shape index (κ3) is 5.26. The molecule has 2 unspecified atom stereocenters. The summed E-state index contributed by atoms with van der Waals surface area (Å²) in [7, 11) is 0. The van der Waals surface area contributed by atoms with E-state index in [0.29, 0.717) is 11.5 Å². The lowest BCUT2D eigenvalue weighted by Gasteiger charge is -2.34. The molecule has 0 spiro atoms. The van der Waals surface area contributed by atoms with E-state index in [4.69, 9.17) is 9.47 Å². The fraction of sp³-hybridized carbons (Fsp3) is 0.171. The molecule has 0 radical (unpaired) electrons. The summed E-state index contributed by atoms with van der Waals surface area (Å²) in [5.74, 6) is -1.69. The Morgan fingerprint density at radius 1 is 0.553 bits per heavy atom. The molecule has 7 rings (SSSR count). The van der Waals surface area contributed by atoms with Crippen molar-refractivity contribution in [3.63, 3.8) is 0 Å². The van der Waals surface area contributed by atoms with Crippen LogP contribution in [0.4, 0.5) is 0 Å². The summed E-state index contributed by atoms with van der Waals surface area (Å²) >= 11 is 0. The molecule has 0 bridgehead atoms. The summed E-state index contributed by atoms with van der Waals surface area (Å²) in [5, 5.41) is 22.6. The molecule has 6 aromatic carbocycles. The van der Waals surface area contributed by atoms with E-state index in [1.807, 2.05) is 36.4 Å². The van der Waals surface area contributed by atoms with Gasteiger partial charge in [0.15, 0.2) is 0 Å². The Morgan fingerprint density at radius 3 is 1.36 bits per heavy atom. The van der Waals surface area contributed by atoms with Crippen LogP contribution in [0.25, 0.3) is 32.7 Å². The van der Waals surface area contributed by atoms with E-state index in [-0.39, 0.29) is 13.2 Å². The third-order valence-corrected chi connectivity index (χ3v) is 9.28. The Labute approximate surface area is 272 Å². The van der Waals surface area contributed by atoms with Crippen LogP contribution in [0.3, 0.4) is 0 Å². The highest BCUT2D eigenvalue weighted by molar-refractivity contribution is 5.92. The normalized spacial score (nSPS) is 14.3. The molecule has 0 aliphatic heterocycles. The average molecular weight is 623 g/mol. The number of carboxylic acids is 2. The van der Waals surface area contributed by atoms with Crippen molar-refractivity contribution in [1.29, 1.82) is 0 Å². The van der Waals surface area contributed by atoms with Gasteiger partial charge in [0.1, 0.15) is 24.7 Å². The molecule has 2 N–H and O–H groups in total. The van der Waals surface area contributed by atoms with Crippen LogP contribution < -0.4 is 9.47 Å². The van der Waals surface area contributed by atoms with Crippen molar-refractivity contribution in [2.45, 2.75) is 19.3 Å². The lowest BCUT2D eigenvalue weighted by Crippen LogP contribution is -2.28. The number of rotatable bonds is 10. The van der Waals surface area contributed by atoms with Gasteiger partial charge in [-0.3, -0.25) is 9.59 Å². The lowest BCUT2D eigenvalue weighted by atomic mass is 9.67. The maximum absolute atomic E-state index is 11.3. The molecule has 6 aromatic rings. The minimum absolute atomic E-state index is 0.104. The fourth-order valence-electron chi connectivity index (χ4n) is 6.70. The van der Waals surface area contributed by atoms with E-state index in [0.717, 1.165) is 32.7 Å². The predicted molar refractivity (Wildman–Crippen MR) is 183 cm³/mol. The standard InChI is InChI=1S/C41H34O6/c1-25(39(42)43)23-46-33-17-13-27-19-31(15-11-29(27)21-33)41(37-9-5-3-7-35(37)36-8-4-6-10-38(36)41)32-16-12-30-22-34(18-14-28(30)20-32)47-24-26(2)40(44)45/h3-22,25-26H,23-24H2,1-2H3,(H,42,43)(H,44,45). The quantitative estimate of drug-likeness (QED) is 0.159. The monoisotopic (exact) mass is 622 g/mol. The highest BCUT2D eigenvalue weighted by Gasteiger charge is 2.46. The Kier molecular flexibility index (Phi) is 7.64. The van der Waals surface area contributed by atoms with Crippen molar-refractivity contribution in [3.05, 3.63) is 144 Å². The minimum atomic E-state index is -0.884. The number of fused-ring (bicyclic) bond motifs is 5. The van der Waals surface area contributed by atoms with Gasteiger partial charge in [-0.25, -0.2) is 0 Å². The highest BCUT2D eigenvalue weighted by Crippen LogP contribution is 2.56. The Balaban J connectivity index is 1.36. The summed E-state index contributed by atoms with van der Waals surface area (Å²) in [5.41, 5.74) is 6.52. The van der Waals surface area contributed by atoms with Gasteiger partial charge in [0, 0.05) is 0 Å². The minimum Gasteiger partial charge on any atom is -0.493 e. The predicted octanol–water partition coefficient (Wildman–Crippen LogP) is 8.56. The van der Waals surface area contributed by atoms with Crippen LogP contribution in [0.5, 0.6) is 11.5 Å². The topological polar surface area (TPSA) is 93.1 Å². The number of ether oxygens (including phenoxy) is 2. The van der Waals surface area contributed by atoms with Crippen molar-refractivity contribution in [1.82, 2.24) is 0 Å². The molecule has 6 nitrogen and oxygen atoms in total. The van der Waals surface area contributed by atoms with Crippen molar-refractivity contribution in [2.24, 2.45) is 11.8 Å². The molecule has 0 saturated carbocycles. The molecular weight excluding hydrogens is 588 g/mol. The number of hydrogen-bond acceptors (Lipinski definition) is 4. The van der Waals surface area contributed by atoms with Gasteiger partial charge in [-0.2, -0.15) is 0 Å². The van der Waals surface area contributed by atoms with Gasteiger partial charge in [0.2, 0.25) is 0 Å². The summed E-state index contributed by atoms with van der Waals surface area (Å²) in [6.45, 7) is 3.48. The second kappa shape index (κ2) is 12.0. The molecule has 234 valence electrons. The maximum atomic E-state index is 11.3. The zero-order chi connectivity index (χ0) is 32.7. The van der Waals surface area contributed by atoms with Crippen molar-refractivity contribution in [3.8, 4) is 22.6 Å². The van der Waals surface area contributed by atoms with E-state index in [2.05, 4.69) is 84.9 Å². The molecule has 1 aliphatic rings. The molecular formula is C41H34O6. The molecule has 0 aromatic heterocycles. The third-order valence-electron chi connectivity index (χ3n) is 9.28. The summed E-state index contributed by atoms with van der Waals surface area (Å²) in [4.78, 5) is 22.5. The first-order valence-corrected chi connectivity index (χ1v) is 15.7. The van der Waals surface area contributed by atoms with E-state index >= 15 is 0 Å². The first kappa shape index (κ1) is 30.1. The summed E-state index contributed by atoms with van der Waals surface area (Å²) < 4.78 is 11.6. The van der Waals surface area contributed by atoms with Crippen LogP contribution in [-0.4, -0.2) is 35.4 Å². The van der Waals surface area contributed by atoms with Crippen LogP contribution in [0.15, 0.2) is 121 Å². The molecule has 0 heterocycles. The fourth-order valence-corrected chi connectivity index (χ4v) is 6.70. The highest BCUT2D eigenvalue weighted by atomic mass is 16.5. The maximum Gasteiger partial charge on any atom is 0.309 e. The molecule has 47 heavy (non-hydrogen) atoms. The van der Waals surface area contributed by atoms with Gasteiger partial charge in [0.05, 0.1) is 17.3 Å². The van der Waals surface area contributed by atoms with Crippen molar-refractivity contribution < 1.29 is 29.3 Å². The van der Waals surface area contributed by atoms with Gasteiger partial charge in [-0.1, -0.05) is 84.9 Å². The van der Waals surface area contributed by atoms with Crippen molar-refractivity contribution >= 4 is 33.5 Å². The number of benzene rings is 6. The van der Waals surface area contributed by atoms with E-state index in [1.54, 1.807) is 13.8 Å². The largest absolute Gasteiger partial charge is 0.493 e. The first-order chi connectivity index (χ1) is 22.8. The SMILES string of the molecule is CC(COc1ccc2cc(C3(c4ccc5cc(OCC(C)C(=O)O)ccc5c4)c4ccccc4-c4ccccc43)ccc2c1)C(=O)O. The van der Waals surface area contributed by atoms with Gasteiger partial charge in [0.25, 0.3) is 0 Å². The Bertz CT molecular complexity index is 2010. The van der Waals surface area contributed by atoms with Crippen LogP contribution >= 0.6 is 0 Å². The zero-order valence-corrected chi connectivity index (χ0v) is 26.1. The zero-order valence-electron chi connectivity index (χ0n) is 26.1. The molecule has 0 amide bonds. The molecule has 2 atom stereocenters. The second-order valence-electron chi connectivity index (χ2n) is 12.4. The van der Waals surface area contributed by atoms with Crippen molar-refractivity contribution in [2.75, 3.05) is 13.2 Å². The number of carbonyl (C=O) groups is 2. The number of carboxylic acid groups (broad SMARTS) is 2. The first-order valence-electron chi connectivity index (χ1n) is 15.7. The van der Waals surface area contributed by atoms with Crippen LogP contribution in [0.1, 0.15) is 36.1 Å². The van der Waals surface area contributed by atoms with E-state index in [9.17, 15) is 19.8 Å². The molecule has 0 fully saturated rings. The smallest absolute Gasteiger partial charge is 0.309 e. The summed E-state index contributed by atoms with van der Waals surface area (Å²) in [6, 6.07) is 42.1. The van der Waals surface area contributed by atoms with Gasteiger partial charge < -0.3 is 19.7 Å². The van der Waals surface area contributed by atoms with E-state index < -0.39 is 29.2 Å².